The van der Waals surface area contributed by atoms with Gasteiger partial charge in [0.05, 0.1) is 17.6 Å². The fourth-order valence-corrected chi connectivity index (χ4v) is 1.83. The number of H-pyrrole nitrogens is 1. The molecular formula is C10H10N6. The van der Waals surface area contributed by atoms with Crippen molar-refractivity contribution in [2.24, 2.45) is 7.05 Å². The van der Waals surface area contributed by atoms with Gasteiger partial charge in [-0.05, 0) is 6.07 Å². The highest BCUT2D eigenvalue weighted by Gasteiger charge is 2.10. The molecule has 1 aromatic carbocycles. The lowest BCUT2D eigenvalue weighted by molar-refractivity contribution is 0.767. The monoisotopic (exact) mass is 214 g/mol. The van der Waals surface area contributed by atoms with Crippen LogP contribution in [-0.2, 0) is 13.5 Å². The highest BCUT2D eigenvalue weighted by atomic mass is 15.5. The van der Waals surface area contributed by atoms with Crippen molar-refractivity contribution >= 4 is 10.9 Å². The number of aromatic nitrogens is 6. The molecule has 6 heteroatoms. The Bertz CT molecular complexity index is 609. The van der Waals surface area contributed by atoms with Crippen molar-refractivity contribution < 1.29 is 0 Å². The number of hydrogen-bond donors (Lipinski definition) is 1. The first kappa shape index (κ1) is 9.02. The molecule has 0 spiro atoms. The molecule has 3 rings (SSSR count). The Morgan fingerprint density at radius 3 is 3.00 bits per heavy atom. The van der Waals surface area contributed by atoms with Gasteiger partial charge in [-0.25, -0.2) is 0 Å². The van der Waals surface area contributed by atoms with E-state index in [2.05, 4.69) is 31.8 Å². The van der Waals surface area contributed by atoms with Gasteiger partial charge in [-0.2, -0.15) is 10.3 Å². The Labute approximate surface area is 91.3 Å². The summed E-state index contributed by atoms with van der Waals surface area (Å²) in [6.45, 7) is 0. The molecule has 2 aromatic heterocycles. The van der Waals surface area contributed by atoms with Crippen LogP contribution in [0.1, 0.15) is 11.5 Å². The first-order valence-corrected chi connectivity index (χ1v) is 4.97. The topological polar surface area (TPSA) is 72.3 Å². The van der Waals surface area contributed by atoms with Gasteiger partial charge in [0.1, 0.15) is 0 Å². The second kappa shape index (κ2) is 3.41. The zero-order chi connectivity index (χ0) is 11.0. The highest BCUT2D eigenvalue weighted by molar-refractivity contribution is 5.82. The summed E-state index contributed by atoms with van der Waals surface area (Å²) in [4.78, 5) is 0. The highest BCUT2D eigenvalue weighted by Crippen LogP contribution is 2.18. The Morgan fingerprint density at radius 1 is 1.31 bits per heavy atom. The molecule has 2 heterocycles. The standard InChI is InChI=1S/C10H10N6/c1-16-9-5-3-2-4-7(9)8(13-16)6-10-11-14-15-12-10/h2-5H,6H2,1H3,(H,11,12,14,15). The number of hydrogen-bond acceptors (Lipinski definition) is 4. The molecule has 0 unspecified atom stereocenters. The maximum absolute atomic E-state index is 4.46. The number of para-hydroxylation sites is 1. The molecular weight excluding hydrogens is 204 g/mol. The molecule has 80 valence electrons. The smallest absolute Gasteiger partial charge is 0.180 e. The van der Waals surface area contributed by atoms with Gasteiger partial charge in [0.15, 0.2) is 5.82 Å². The summed E-state index contributed by atoms with van der Waals surface area (Å²) in [6.07, 6.45) is 0.595. The van der Waals surface area contributed by atoms with Crippen molar-refractivity contribution in [1.82, 2.24) is 30.4 Å². The zero-order valence-corrected chi connectivity index (χ0v) is 8.75. The number of aryl methyl sites for hydroxylation is 1. The minimum atomic E-state index is 0.595. The van der Waals surface area contributed by atoms with Crippen molar-refractivity contribution in [2.45, 2.75) is 6.42 Å². The largest absolute Gasteiger partial charge is 0.268 e. The first-order valence-electron chi connectivity index (χ1n) is 4.97. The maximum atomic E-state index is 4.46. The summed E-state index contributed by atoms with van der Waals surface area (Å²) in [6, 6.07) is 8.10. The van der Waals surface area contributed by atoms with Crippen molar-refractivity contribution in [3.8, 4) is 0 Å². The minimum absolute atomic E-state index is 0.595. The van der Waals surface area contributed by atoms with Gasteiger partial charge in [0.2, 0.25) is 0 Å². The minimum Gasteiger partial charge on any atom is -0.268 e. The molecule has 3 aromatic rings. The summed E-state index contributed by atoms with van der Waals surface area (Å²) in [7, 11) is 1.93. The van der Waals surface area contributed by atoms with E-state index in [9.17, 15) is 0 Å². The van der Waals surface area contributed by atoms with Gasteiger partial charge in [0, 0.05) is 12.4 Å². The van der Waals surface area contributed by atoms with Crippen LogP contribution in [0.3, 0.4) is 0 Å². The maximum Gasteiger partial charge on any atom is 0.180 e. The number of tetrazole rings is 1. The molecule has 0 atom stereocenters. The van der Waals surface area contributed by atoms with Crippen LogP contribution >= 0.6 is 0 Å². The van der Waals surface area contributed by atoms with E-state index in [4.69, 9.17) is 0 Å². The van der Waals surface area contributed by atoms with Crippen LogP contribution in [0.2, 0.25) is 0 Å². The number of fused-ring (bicyclic) bond motifs is 1. The van der Waals surface area contributed by atoms with Crippen molar-refractivity contribution in [2.75, 3.05) is 0 Å². The molecule has 0 fully saturated rings. The van der Waals surface area contributed by atoms with Crippen molar-refractivity contribution in [3.05, 3.63) is 35.8 Å². The second-order valence-electron chi connectivity index (χ2n) is 3.59. The Kier molecular flexibility index (Phi) is 1.92. The van der Waals surface area contributed by atoms with Crippen LogP contribution in [0.4, 0.5) is 0 Å². The van der Waals surface area contributed by atoms with E-state index < -0.39 is 0 Å². The summed E-state index contributed by atoms with van der Waals surface area (Å²) < 4.78 is 1.87. The predicted molar refractivity (Wildman–Crippen MR) is 57.7 cm³/mol. The van der Waals surface area contributed by atoms with E-state index in [-0.39, 0.29) is 0 Å². The van der Waals surface area contributed by atoms with E-state index in [0.717, 1.165) is 16.6 Å². The van der Waals surface area contributed by atoms with E-state index in [1.54, 1.807) is 0 Å². The van der Waals surface area contributed by atoms with Gasteiger partial charge >= 0.3 is 0 Å². The molecule has 16 heavy (non-hydrogen) atoms. The molecule has 1 N–H and O–H groups in total. The predicted octanol–water partition coefficient (Wildman–Crippen LogP) is 0.677. The summed E-state index contributed by atoms with van der Waals surface area (Å²) in [5.74, 6) is 0.656. The lowest BCUT2D eigenvalue weighted by Gasteiger charge is -1.91. The van der Waals surface area contributed by atoms with Gasteiger partial charge in [-0.1, -0.05) is 23.4 Å². The van der Waals surface area contributed by atoms with Crippen molar-refractivity contribution in [1.29, 1.82) is 0 Å². The fourth-order valence-electron chi connectivity index (χ4n) is 1.83. The molecule has 0 amide bonds. The molecule has 0 aliphatic rings. The average Bonchev–Trinajstić information content (AvgIpc) is 2.90. The number of benzene rings is 1. The lowest BCUT2D eigenvalue weighted by atomic mass is 10.1. The van der Waals surface area contributed by atoms with E-state index in [0.29, 0.717) is 12.2 Å². The molecule has 0 radical (unpaired) electrons. The molecule has 6 nitrogen and oxygen atoms in total. The first-order chi connectivity index (χ1) is 7.84. The van der Waals surface area contributed by atoms with E-state index >= 15 is 0 Å². The summed E-state index contributed by atoms with van der Waals surface area (Å²) >= 11 is 0. The molecule has 0 saturated heterocycles. The van der Waals surface area contributed by atoms with Gasteiger partial charge in [-0.15, -0.1) is 10.2 Å². The summed E-state index contributed by atoms with van der Waals surface area (Å²) in [5.41, 5.74) is 2.08. The fraction of sp³-hybridized carbons (Fsp3) is 0.200. The molecule has 0 saturated carbocycles. The van der Waals surface area contributed by atoms with Crippen LogP contribution in [-0.4, -0.2) is 30.4 Å². The number of nitrogens with zero attached hydrogens (tertiary/aromatic N) is 5. The number of aromatic amines is 1. The quantitative estimate of drug-likeness (QED) is 0.680. The van der Waals surface area contributed by atoms with Gasteiger partial charge in [0.25, 0.3) is 0 Å². The Morgan fingerprint density at radius 2 is 2.19 bits per heavy atom. The lowest BCUT2D eigenvalue weighted by Crippen LogP contribution is -1.95. The molecule has 0 aliphatic carbocycles. The zero-order valence-electron chi connectivity index (χ0n) is 8.75. The van der Waals surface area contributed by atoms with Crippen LogP contribution < -0.4 is 0 Å². The van der Waals surface area contributed by atoms with Gasteiger partial charge < -0.3 is 0 Å². The normalized spacial score (nSPS) is 11.1. The van der Waals surface area contributed by atoms with Crippen LogP contribution in [0, 0.1) is 0 Å². The third-order valence-corrected chi connectivity index (χ3v) is 2.55. The summed E-state index contributed by atoms with van der Waals surface area (Å²) in [5, 5.41) is 19.4. The Balaban J connectivity index is 2.10. The van der Waals surface area contributed by atoms with Crippen LogP contribution in [0.5, 0.6) is 0 Å². The van der Waals surface area contributed by atoms with Crippen LogP contribution in [0.25, 0.3) is 10.9 Å². The average molecular weight is 214 g/mol. The molecule has 0 aliphatic heterocycles. The Hall–Kier alpha value is -2.24. The SMILES string of the molecule is Cn1nc(Cc2nn[nH]n2)c2ccccc21. The van der Waals surface area contributed by atoms with Crippen LogP contribution in [0.15, 0.2) is 24.3 Å². The van der Waals surface area contributed by atoms with Gasteiger partial charge in [-0.3, -0.25) is 4.68 Å². The van der Waals surface area contributed by atoms with E-state index in [1.165, 1.54) is 0 Å². The molecule has 0 bridgehead atoms. The second-order valence-corrected chi connectivity index (χ2v) is 3.59. The number of nitrogens with one attached hydrogen (secondary N) is 1. The third-order valence-electron chi connectivity index (χ3n) is 2.55. The number of rotatable bonds is 2. The van der Waals surface area contributed by atoms with E-state index in [1.807, 2.05) is 29.9 Å². The van der Waals surface area contributed by atoms with Crippen molar-refractivity contribution in [3.63, 3.8) is 0 Å². The third kappa shape index (κ3) is 1.35.